The molecule has 2 amide bonds. The molecule has 2 aromatic carbocycles. The topological polar surface area (TPSA) is 47.6 Å². The average molecular weight is 417 g/mol. The van der Waals surface area contributed by atoms with Crippen LogP contribution in [0.15, 0.2) is 59.1 Å². The molecule has 26 heavy (non-hydrogen) atoms. The number of urea groups is 1. The first-order valence-electron chi connectivity index (χ1n) is 9.04. The Kier molecular flexibility index (Phi) is 6.91. The normalized spacial score (nSPS) is 14.9. The highest BCUT2D eigenvalue weighted by atomic mass is 79.9. The number of hydrogen-bond acceptors (Lipinski definition) is 3. The Hall–Kier alpha value is -2.05. The number of halogens is 1. The van der Waals surface area contributed by atoms with Crippen molar-refractivity contribution in [3.05, 3.63) is 59.1 Å². The number of carbonyl (C=O) groups excluding carboxylic acids is 1. The Morgan fingerprint density at radius 2 is 1.65 bits per heavy atom. The molecular formula is C20H25BrN4O. The van der Waals surface area contributed by atoms with E-state index in [1.54, 1.807) is 0 Å². The van der Waals surface area contributed by atoms with Gasteiger partial charge in [-0.25, -0.2) is 4.79 Å². The molecule has 1 saturated heterocycles. The molecule has 2 aromatic rings. The van der Waals surface area contributed by atoms with Crippen LogP contribution in [-0.2, 0) is 0 Å². The number of benzene rings is 2. The van der Waals surface area contributed by atoms with Crippen molar-refractivity contribution in [2.45, 2.75) is 6.42 Å². The van der Waals surface area contributed by atoms with Crippen LogP contribution in [0, 0.1) is 0 Å². The highest BCUT2D eigenvalue weighted by molar-refractivity contribution is 9.10. The fourth-order valence-corrected chi connectivity index (χ4v) is 3.49. The van der Waals surface area contributed by atoms with Gasteiger partial charge in [0.05, 0.1) is 5.69 Å². The standard InChI is InChI=1S/C20H25BrN4O/c21-18-9-4-5-10-19(18)23-20(26)22-11-6-12-24-13-15-25(16-14-24)17-7-2-1-3-8-17/h1-5,7-10H,6,11-16H2,(H2,22,23,26). The summed E-state index contributed by atoms with van der Waals surface area (Å²) in [6.07, 6.45) is 0.953. The van der Waals surface area contributed by atoms with Crippen LogP contribution in [-0.4, -0.2) is 50.2 Å². The molecule has 0 saturated carbocycles. The zero-order valence-corrected chi connectivity index (χ0v) is 16.4. The van der Waals surface area contributed by atoms with Gasteiger partial charge in [0, 0.05) is 42.9 Å². The number of piperazine rings is 1. The number of carbonyl (C=O) groups is 1. The summed E-state index contributed by atoms with van der Waals surface area (Å²) in [5, 5.41) is 5.78. The van der Waals surface area contributed by atoms with Crippen LogP contribution in [0.5, 0.6) is 0 Å². The third kappa shape index (κ3) is 5.47. The molecule has 138 valence electrons. The Bertz CT molecular complexity index is 702. The maximum absolute atomic E-state index is 12.0. The van der Waals surface area contributed by atoms with Crippen molar-refractivity contribution in [3.8, 4) is 0 Å². The van der Waals surface area contributed by atoms with E-state index in [-0.39, 0.29) is 6.03 Å². The van der Waals surface area contributed by atoms with Crippen molar-refractivity contribution in [2.75, 3.05) is 49.5 Å². The lowest BCUT2D eigenvalue weighted by Gasteiger charge is -2.36. The van der Waals surface area contributed by atoms with E-state index < -0.39 is 0 Å². The van der Waals surface area contributed by atoms with Gasteiger partial charge in [-0.05, 0) is 53.2 Å². The molecule has 0 unspecified atom stereocenters. The summed E-state index contributed by atoms with van der Waals surface area (Å²) >= 11 is 3.43. The van der Waals surface area contributed by atoms with Gasteiger partial charge in [0.25, 0.3) is 0 Å². The molecule has 0 bridgehead atoms. The number of nitrogens with one attached hydrogen (secondary N) is 2. The van der Waals surface area contributed by atoms with E-state index in [9.17, 15) is 4.79 Å². The molecule has 1 fully saturated rings. The predicted molar refractivity (Wildman–Crippen MR) is 111 cm³/mol. The summed E-state index contributed by atoms with van der Waals surface area (Å²) in [5.41, 5.74) is 2.08. The number of anilines is 2. The number of nitrogens with zero attached hydrogens (tertiary/aromatic N) is 2. The fraction of sp³-hybridized carbons (Fsp3) is 0.350. The minimum absolute atomic E-state index is 0.161. The summed E-state index contributed by atoms with van der Waals surface area (Å²) in [6, 6.07) is 18.0. The minimum atomic E-state index is -0.161. The SMILES string of the molecule is O=C(NCCCN1CCN(c2ccccc2)CC1)Nc1ccccc1Br. The monoisotopic (exact) mass is 416 g/mol. The van der Waals surface area contributed by atoms with Crippen molar-refractivity contribution in [2.24, 2.45) is 0 Å². The number of amides is 2. The lowest BCUT2D eigenvalue weighted by Crippen LogP contribution is -2.47. The molecule has 6 heteroatoms. The van der Waals surface area contributed by atoms with Gasteiger partial charge in [0.1, 0.15) is 0 Å². The van der Waals surface area contributed by atoms with E-state index in [0.717, 1.165) is 49.3 Å². The molecule has 2 N–H and O–H groups in total. The Balaban J connectivity index is 1.31. The van der Waals surface area contributed by atoms with Gasteiger partial charge in [-0.3, -0.25) is 4.90 Å². The van der Waals surface area contributed by atoms with E-state index in [4.69, 9.17) is 0 Å². The van der Waals surface area contributed by atoms with Gasteiger partial charge in [0.15, 0.2) is 0 Å². The van der Waals surface area contributed by atoms with Crippen molar-refractivity contribution in [3.63, 3.8) is 0 Å². The highest BCUT2D eigenvalue weighted by Crippen LogP contribution is 2.20. The van der Waals surface area contributed by atoms with Crippen molar-refractivity contribution >= 4 is 33.3 Å². The highest BCUT2D eigenvalue weighted by Gasteiger charge is 2.16. The van der Waals surface area contributed by atoms with Crippen molar-refractivity contribution in [1.82, 2.24) is 10.2 Å². The molecule has 0 radical (unpaired) electrons. The van der Waals surface area contributed by atoms with Crippen LogP contribution in [0.4, 0.5) is 16.2 Å². The van der Waals surface area contributed by atoms with Gasteiger partial charge in [-0.1, -0.05) is 30.3 Å². The van der Waals surface area contributed by atoms with Gasteiger partial charge in [-0.2, -0.15) is 0 Å². The molecule has 0 spiro atoms. The van der Waals surface area contributed by atoms with E-state index in [1.165, 1.54) is 5.69 Å². The van der Waals surface area contributed by atoms with Gasteiger partial charge < -0.3 is 15.5 Å². The number of rotatable bonds is 6. The summed E-state index contributed by atoms with van der Waals surface area (Å²) in [6.45, 7) is 5.93. The van der Waals surface area contributed by atoms with E-state index in [2.05, 4.69) is 66.7 Å². The first-order chi connectivity index (χ1) is 12.7. The van der Waals surface area contributed by atoms with E-state index >= 15 is 0 Å². The second-order valence-electron chi connectivity index (χ2n) is 6.38. The Morgan fingerprint density at radius 3 is 2.38 bits per heavy atom. The number of hydrogen-bond donors (Lipinski definition) is 2. The smallest absolute Gasteiger partial charge is 0.319 e. The summed E-state index contributed by atoms with van der Waals surface area (Å²) in [5.74, 6) is 0. The van der Waals surface area contributed by atoms with Crippen molar-refractivity contribution < 1.29 is 4.79 Å². The van der Waals surface area contributed by atoms with Gasteiger partial charge in [0.2, 0.25) is 0 Å². The molecule has 1 heterocycles. The Labute approximate surface area is 163 Å². The summed E-state index contributed by atoms with van der Waals surface area (Å²) < 4.78 is 0.881. The van der Waals surface area contributed by atoms with Gasteiger partial charge >= 0.3 is 6.03 Å². The maximum atomic E-state index is 12.0. The third-order valence-corrected chi connectivity index (χ3v) is 5.24. The summed E-state index contributed by atoms with van der Waals surface area (Å²) in [7, 11) is 0. The largest absolute Gasteiger partial charge is 0.369 e. The maximum Gasteiger partial charge on any atom is 0.319 e. The Morgan fingerprint density at radius 1 is 0.962 bits per heavy atom. The predicted octanol–water partition coefficient (Wildman–Crippen LogP) is 3.78. The molecular weight excluding hydrogens is 392 g/mol. The lowest BCUT2D eigenvalue weighted by molar-refractivity contribution is 0.244. The fourth-order valence-electron chi connectivity index (χ4n) is 3.10. The lowest BCUT2D eigenvalue weighted by atomic mass is 10.2. The van der Waals surface area contributed by atoms with Crippen LogP contribution in [0.25, 0.3) is 0 Å². The molecule has 1 aliphatic rings. The third-order valence-electron chi connectivity index (χ3n) is 4.55. The van der Waals surface area contributed by atoms with E-state index in [0.29, 0.717) is 6.54 Å². The summed E-state index contributed by atoms with van der Waals surface area (Å²) in [4.78, 5) is 16.8. The van der Waals surface area contributed by atoms with Crippen LogP contribution in [0.2, 0.25) is 0 Å². The average Bonchev–Trinajstić information content (AvgIpc) is 2.68. The molecule has 0 aromatic heterocycles. The first-order valence-corrected chi connectivity index (χ1v) is 9.83. The van der Waals surface area contributed by atoms with Gasteiger partial charge in [-0.15, -0.1) is 0 Å². The van der Waals surface area contributed by atoms with Crippen LogP contribution in [0.3, 0.4) is 0 Å². The second-order valence-corrected chi connectivity index (χ2v) is 7.23. The van der Waals surface area contributed by atoms with Crippen LogP contribution in [0.1, 0.15) is 6.42 Å². The zero-order chi connectivity index (χ0) is 18.2. The minimum Gasteiger partial charge on any atom is -0.369 e. The van der Waals surface area contributed by atoms with Crippen molar-refractivity contribution in [1.29, 1.82) is 0 Å². The molecule has 1 aliphatic heterocycles. The second kappa shape index (κ2) is 9.59. The number of para-hydroxylation sites is 2. The van der Waals surface area contributed by atoms with E-state index in [1.807, 2.05) is 24.3 Å². The molecule has 0 aliphatic carbocycles. The van der Waals surface area contributed by atoms with Crippen LogP contribution < -0.4 is 15.5 Å². The van der Waals surface area contributed by atoms with Crippen LogP contribution >= 0.6 is 15.9 Å². The molecule has 3 rings (SSSR count). The molecule has 0 atom stereocenters. The quantitative estimate of drug-likeness (QED) is 0.704. The zero-order valence-electron chi connectivity index (χ0n) is 14.8. The first kappa shape index (κ1) is 18.7. The molecule has 5 nitrogen and oxygen atoms in total.